The van der Waals surface area contributed by atoms with Crippen LogP contribution < -0.4 is 4.74 Å². The highest BCUT2D eigenvalue weighted by atomic mass is 79.9. The summed E-state index contributed by atoms with van der Waals surface area (Å²) in [6.45, 7) is 0.550. The molecule has 0 radical (unpaired) electrons. The van der Waals surface area contributed by atoms with E-state index in [1.807, 2.05) is 24.3 Å². The molecule has 3 aromatic rings. The van der Waals surface area contributed by atoms with Gasteiger partial charge in [0.25, 0.3) is 0 Å². The van der Waals surface area contributed by atoms with Crippen LogP contribution in [0, 0.1) is 0 Å². The molecular weight excluding hydrogens is 380 g/mol. The molecule has 0 aliphatic heterocycles. The second-order valence-electron chi connectivity index (χ2n) is 4.54. The second-order valence-corrected chi connectivity index (χ2v) is 6.52. The Morgan fingerprint density at radius 1 is 1.09 bits per heavy atom. The first-order valence-electron chi connectivity index (χ1n) is 6.81. The summed E-state index contributed by atoms with van der Waals surface area (Å²) in [6, 6.07) is 14.4. The third-order valence-corrected chi connectivity index (χ3v) is 4.34. The average Bonchev–Trinajstić information content (AvgIpc) is 3.02. The van der Waals surface area contributed by atoms with Crippen molar-refractivity contribution in [3.63, 3.8) is 0 Å². The zero-order valence-corrected chi connectivity index (χ0v) is 14.4. The quantitative estimate of drug-likeness (QED) is 0.512. The van der Waals surface area contributed by atoms with Gasteiger partial charge in [0, 0.05) is 10.2 Å². The predicted molar refractivity (Wildman–Crippen MR) is 91.2 cm³/mol. The SMILES string of the molecule is Oc1ccc(-n2nnnc2SCCOc2ccc(Br)cc2)cc1. The first kappa shape index (κ1) is 15.8. The highest BCUT2D eigenvalue weighted by Crippen LogP contribution is 2.20. The number of rotatable bonds is 6. The third kappa shape index (κ3) is 4.23. The Labute approximate surface area is 145 Å². The van der Waals surface area contributed by atoms with Crippen molar-refractivity contribution in [2.24, 2.45) is 0 Å². The summed E-state index contributed by atoms with van der Waals surface area (Å²) in [5.41, 5.74) is 0.795. The summed E-state index contributed by atoms with van der Waals surface area (Å²) in [4.78, 5) is 0. The molecule has 1 aromatic heterocycles. The van der Waals surface area contributed by atoms with Crippen LogP contribution in [0.4, 0.5) is 0 Å². The van der Waals surface area contributed by atoms with Gasteiger partial charge in [-0.15, -0.1) is 5.10 Å². The van der Waals surface area contributed by atoms with E-state index in [0.717, 1.165) is 15.9 Å². The van der Waals surface area contributed by atoms with Crippen LogP contribution in [0.25, 0.3) is 5.69 Å². The molecule has 0 fully saturated rings. The van der Waals surface area contributed by atoms with E-state index in [2.05, 4.69) is 31.5 Å². The number of halogens is 1. The van der Waals surface area contributed by atoms with Crippen LogP contribution in [0.2, 0.25) is 0 Å². The number of tetrazole rings is 1. The van der Waals surface area contributed by atoms with Crippen molar-refractivity contribution < 1.29 is 9.84 Å². The molecule has 0 unspecified atom stereocenters. The standard InChI is InChI=1S/C15H13BrN4O2S/c16-11-1-7-14(8-2-11)22-9-10-23-15-17-18-19-20(15)12-3-5-13(21)6-4-12/h1-8,21H,9-10H2. The van der Waals surface area contributed by atoms with Gasteiger partial charge in [0.15, 0.2) is 0 Å². The maximum atomic E-state index is 9.34. The fourth-order valence-corrected chi connectivity index (χ4v) is 2.82. The van der Waals surface area contributed by atoms with Crippen LogP contribution in [0.15, 0.2) is 58.2 Å². The van der Waals surface area contributed by atoms with Gasteiger partial charge in [0.2, 0.25) is 5.16 Å². The minimum atomic E-state index is 0.207. The van der Waals surface area contributed by atoms with Crippen LogP contribution in [0.1, 0.15) is 0 Å². The van der Waals surface area contributed by atoms with Gasteiger partial charge in [0.1, 0.15) is 11.5 Å². The average molecular weight is 393 g/mol. The lowest BCUT2D eigenvalue weighted by molar-refractivity contribution is 0.344. The van der Waals surface area contributed by atoms with Crippen molar-refractivity contribution in [3.05, 3.63) is 53.0 Å². The lowest BCUT2D eigenvalue weighted by atomic mass is 10.3. The zero-order chi connectivity index (χ0) is 16.1. The topological polar surface area (TPSA) is 73.1 Å². The van der Waals surface area contributed by atoms with Gasteiger partial charge in [-0.2, -0.15) is 4.68 Å². The van der Waals surface area contributed by atoms with E-state index in [1.54, 1.807) is 28.9 Å². The van der Waals surface area contributed by atoms with Gasteiger partial charge in [-0.05, 0) is 59.0 Å². The Morgan fingerprint density at radius 3 is 2.57 bits per heavy atom. The minimum Gasteiger partial charge on any atom is -0.508 e. The molecule has 0 saturated carbocycles. The van der Waals surface area contributed by atoms with E-state index >= 15 is 0 Å². The number of thioether (sulfide) groups is 1. The fourth-order valence-electron chi connectivity index (χ4n) is 1.85. The number of phenols is 1. The van der Waals surface area contributed by atoms with Crippen molar-refractivity contribution in [3.8, 4) is 17.2 Å². The number of hydrogen-bond donors (Lipinski definition) is 1. The summed E-state index contributed by atoms with van der Waals surface area (Å²) in [5.74, 6) is 1.75. The van der Waals surface area contributed by atoms with Gasteiger partial charge in [-0.25, -0.2) is 0 Å². The van der Waals surface area contributed by atoms with E-state index in [0.29, 0.717) is 17.5 Å². The highest BCUT2D eigenvalue weighted by Gasteiger charge is 2.09. The number of ether oxygens (including phenoxy) is 1. The Hall–Kier alpha value is -2.06. The van der Waals surface area contributed by atoms with Crippen LogP contribution in [-0.2, 0) is 0 Å². The molecule has 0 amide bonds. The largest absolute Gasteiger partial charge is 0.508 e. The second kappa shape index (κ2) is 7.47. The molecule has 23 heavy (non-hydrogen) atoms. The summed E-state index contributed by atoms with van der Waals surface area (Å²) in [7, 11) is 0. The molecule has 8 heteroatoms. The van der Waals surface area contributed by atoms with E-state index in [4.69, 9.17) is 4.74 Å². The highest BCUT2D eigenvalue weighted by molar-refractivity contribution is 9.10. The predicted octanol–water partition coefficient (Wildman–Crippen LogP) is 3.30. The zero-order valence-electron chi connectivity index (χ0n) is 12.0. The van der Waals surface area contributed by atoms with Gasteiger partial charge in [-0.1, -0.05) is 27.7 Å². The molecule has 1 N–H and O–H groups in total. The molecule has 118 valence electrons. The molecule has 0 bridgehead atoms. The lowest BCUT2D eigenvalue weighted by Crippen LogP contribution is -2.03. The number of aromatic nitrogens is 4. The first-order chi connectivity index (χ1) is 11.2. The van der Waals surface area contributed by atoms with Crippen molar-refractivity contribution in [2.75, 3.05) is 12.4 Å². The molecule has 0 atom stereocenters. The van der Waals surface area contributed by atoms with Crippen LogP contribution >= 0.6 is 27.7 Å². The molecule has 3 rings (SSSR count). The van der Waals surface area contributed by atoms with E-state index in [1.165, 1.54) is 11.8 Å². The molecule has 0 aliphatic carbocycles. The lowest BCUT2D eigenvalue weighted by Gasteiger charge is -2.06. The van der Waals surface area contributed by atoms with Crippen LogP contribution in [-0.4, -0.2) is 37.7 Å². The first-order valence-corrected chi connectivity index (χ1v) is 8.59. The number of hydrogen-bond acceptors (Lipinski definition) is 6. The normalized spacial score (nSPS) is 10.7. The number of benzene rings is 2. The number of nitrogens with zero attached hydrogens (tertiary/aromatic N) is 4. The Balaban J connectivity index is 1.56. The molecule has 6 nitrogen and oxygen atoms in total. The molecule has 1 heterocycles. The Kier molecular flexibility index (Phi) is 5.14. The number of phenolic OH excluding ortho intramolecular Hbond substituents is 1. The minimum absolute atomic E-state index is 0.207. The summed E-state index contributed by atoms with van der Waals surface area (Å²) >= 11 is 4.89. The van der Waals surface area contributed by atoms with E-state index in [9.17, 15) is 5.11 Å². The van der Waals surface area contributed by atoms with Gasteiger partial charge in [0.05, 0.1) is 12.3 Å². The molecule has 0 spiro atoms. The summed E-state index contributed by atoms with van der Waals surface area (Å²) < 4.78 is 8.32. The molecular formula is C15H13BrN4O2S. The van der Waals surface area contributed by atoms with Crippen LogP contribution in [0.3, 0.4) is 0 Å². The maximum absolute atomic E-state index is 9.34. The van der Waals surface area contributed by atoms with Crippen molar-refractivity contribution >= 4 is 27.7 Å². The molecule has 0 saturated heterocycles. The van der Waals surface area contributed by atoms with E-state index in [-0.39, 0.29) is 5.75 Å². The van der Waals surface area contributed by atoms with Gasteiger partial charge >= 0.3 is 0 Å². The fraction of sp³-hybridized carbons (Fsp3) is 0.133. The monoisotopic (exact) mass is 392 g/mol. The van der Waals surface area contributed by atoms with Crippen molar-refractivity contribution in [1.29, 1.82) is 0 Å². The summed E-state index contributed by atoms with van der Waals surface area (Å²) in [6.07, 6.45) is 0. The van der Waals surface area contributed by atoms with Gasteiger partial charge in [-0.3, -0.25) is 0 Å². The maximum Gasteiger partial charge on any atom is 0.214 e. The number of aromatic hydroxyl groups is 1. The summed E-state index contributed by atoms with van der Waals surface area (Å²) in [5, 5.41) is 21.7. The Bertz CT molecular complexity index is 762. The molecule has 2 aromatic carbocycles. The smallest absolute Gasteiger partial charge is 0.214 e. The molecule has 0 aliphatic rings. The van der Waals surface area contributed by atoms with Crippen molar-refractivity contribution in [2.45, 2.75) is 5.16 Å². The van der Waals surface area contributed by atoms with E-state index < -0.39 is 0 Å². The van der Waals surface area contributed by atoms with Gasteiger partial charge < -0.3 is 9.84 Å². The third-order valence-electron chi connectivity index (χ3n) is 2.93. The Morgan fingerprint density at radius 2 is 1.83 bits per heavy atom. The van der Waals surface area contributed by atoms with Crippen molar-refractivity contribution in [1.82, 2.24) is 20.2 Å². The van der Waals surface area contributed by atoms with Crippen LogP contribution in [0.5, 0.6) is 11.5 Å².